The third kappa shape index (κ3) is 7.34. The Morgan fingerprint density at radius 3 is 2.67 bits per heavy atom. The van der Waals surface area contributed by atoms with Crippen molar-refractivity contribution in [1.82, 2.24) is 0 Å². The second kappa shape index (κ2) is 10.2. The van der Waals surface area contributed by atoms with Crippen LogP contribution in [0.5, 0.6) is 0 Å². The fraction of sp³-hybridized carbons (Fsp3) is 0.688. The van der Waals surface area contributed by atoms with Crippen molar-refractivity contribution in [3.63, 3.8) is 0 Å². The number of hydrogen-bond acceptors (Lipinski definition) is 5. The molecule has 0 aromatic carbocycles. The van der Waals surface area contributed by atoms with Gasteiger partial charge in [0.05, 0.1) is 6.61 Å². The number of rotatable bonds is 10. The number of carbonyl (C=O) groups is 1. The van der Waals surface area contributed by atoms with E-state index in [4.69, 9.17) is 10.5 Å². The van der Waals surface area contributed by atoms with E-state index in [0.29, 0.717) is 18.8 Å². The van der Waals surface area contributed by atoms with Gasteiger partial charge in [0.2, 0.25) is 0 Å². The molecule has 0 aliphatic carbocycles. The highest BCUT2D eigenvalue weighted by Gasteiger charge is 2.13. The molecule has 5 heteroatoms. The first kappa shape index (κ1) is 18.5. The molecule has 1 aromatic rings. The Labute approximate surface area is 137 Å². The van der Waals surface area contributed by atoms with Gasteiger partial charge in [0.1, 0.15) is 6.04 Å². The Kier molecular flexibility index (Phi) is 9.04. The predicted molar refractivity (Wildman–Crippen MR) is 93.4 cm³/mol. The number of hydrogen-bond donors (Lipinski definition) is 2. The van der Waals surface area contributed by atoms with Crippen molar-refractivity contribution in [2.45, 2.75) is 58.4 Å². The fourth-order valence-electron chi connectivity index (χ4n) is 2.24. The summed E-state index contributed by atoms with van der Waals surface area (Å²) in [6.07, 6.45) is 6.11. The average Bonchev–Trinajstić information content (AvgIpc) is 2.76. The summed E-state index contributed by atoms with van der Waals surface area (Å²) in [5.41, 5.74) is 7.14. The molecule has 0 bridgehead atoms. The van der Waals surface area contributed by atoms with Gasteiger partial charge in [-0.15, -0.1) is 11.3 Å². The summed E-state index contributed by atoms with van der Waals surface area (Å²) < 4.78 is 5.15. The van der Waals surface area contributed by atoms with Gasteiger partial charge in [0.15, 0.2) is 0 Å². The third-order valence-electron chi connectivity index (χ3n) is 3.47. The quantitative estimate of drug-likeness (QED) is 0.391. The van der Waals surface area contributed by atoms with E-state index in [1.54, 1.807) is 0 Å². The first-order valence-corrected chi connectivity index (χ1v) is 9.08. The second-order valence-electron chi connectivity index (χ2n) is 5.39. The highest BCUT2D eigenvalue weighted by Crippen LogP contribution is 2.22. The van der Waals surface area contributed by atoms with Crippen molar-refractivity contribution in [2.75, 3.05) is 12.4 Å². The molecule has 0 amide bonds. The van der Waals surface area contributed by atoms with Gasteiger partial charge >= 0.3 is 5.97 Å². The summed E-state index contributed by atoms with van der Waals surface area (Å²) in [7, 11) is 0. The van der Waals surface area contributed by atoms with Gasteiger partial charge in [0.25, 0.3) is 0 Å². The van der Waals surface area contributed by atoms with Crippen LogP contribution in [0, 0.1) is 13.8 Å². The lowest BCUT2D eigenvalue weighted by molar-refractivity contribution is -0.145. The van der Waals surface area contributed by atoms with Crippen molar-refractivity contribution in [2.24, 2.45) is 5.73 Å². The number of thiol groups is 1. The average molecular weight is 330 g/mol. The highest BCUT2D eigenvalue weighted by molar-refractivity contribution is 7.80. The summed E-state index contributed by atoms with van der Waals surface area (Å²) >= 11 is 5.93. The number of carbonyl (C=O) groups excluding carboxylic acids is 1. The van der Waals surface area contributed by atoms with Gasteiger partial charge in [-0.2, -0.15) is 12.6 Å². The second-order valence-corrected chi connectivity index (χ2v) is 7.30. The van der Waals surface area contributed by atoms with Crippen LogP contribution in [0.25, 0.3) is 0 Å². The first-order chi connectivity index (χ1) is 10.0. The Balaban J connectivity index is 2.02. The zero-order chi connectivity index (χ0) is 15.7. The van der Waals surface area contributed by atoms with Crippen LogP contribution >= 0.6 is 24.0 Å². The molecule has 0 saturated carbocycles. The van der Waals surface area contributed by atoms with Crippen LogP contribution in [0.2, 0.25) is 0 Å². The number of esters is 1. The molecule has 0 spiro atoms. The number of thiophene rings is 1. The number of nitrogens with two attached hydrogens (primary N) is 1. The maximum atomic E-state index is 11.5. The van der Waals surface area contributed by atoms with E-state index in [1.807, 2.05) is 11.3 Å². The van der Waals surface area contributed by atoms with Gasteiger partial charge in [-0.05, 0) is 56.9 Å². The number of aryl methyl sites for hydroxylation is 3. The SMILES string of the molecule is Cc1cc(CCCCCCOC(=O)C(N)CCS)c(C)s1. The summed E-state index contributed by atoms with van der Waals surface area (Å²) in [6.45, 7) is 4.84. The van der Waals surface area contributed by atoms with E-state index in [-0.39, 0.29) is 5.97 Å². The Bertz CT molecular complexity index is 432. The van der Waals surface area contributed by atoms with E-state index in [9.17, 15) is 4.79 Å². The van der Waals surface area contributed by atoms with E-state index in [0.717, 1.165) is 19.3 Å². The highest BCUT2D eigenvalue weighted by atomic mass is 32.1. The summed E-state index contributed by atoms with van der Waals surface area (Å²) in [4.78, 5) is 14.3. The van der Waals surface area contributed by atoms with Crippen LogP contribution in [0.3, 0.4) is 0 Å². The van der Waals surface area contributed by atoms with Crippen molar-refractivity contribution < 1.29 is 9.53 Å². The minimum absolute atomic E-state index is 0.298. The van der Waals surface area contributed by atoms with E-state index < -0.39 is 6.04 Å². The summed E-state index contributed by atoms with van der Waals surface area (Å²) in [5.74, 6) is 0.311. The van der Waals surface area contributed by atoms with Crippen molar-refractivity contribution in [3.05, 3.63) is 21.4 Å². The molecular weight excluding hydrogens is 302 g/mol. The summed E-state index contributed by atoms with van der Waals surface area (Å²) in [6, 6.07) is 1.78. The molecular formula is C16H27NO2S2. The number of ether oxygens (including phenoxy) is 1. The monoisotopic (exact) mass is 329 g/mol. The zero-order valence-corrected chi connectivity index (χ0v) is 14.8. The van der Waals surface area contributed by atoms with Gasteiger partial charge in [-0.1, -0.05) is 12.8 Å². The lowest BCUT2D eigenvalue weighted by Crippen LogP contribution is -2.32. The predicted octanol–water partition coefficient (Wildman–Crippen LogP) is 3.66. The molecule has 0 fully saturated rings. The maximum Gasteiger partial charge on any atom is 0.322 e. The molecule has 0 aliphatic rings. The molecule has 0 radical (unpaired) electrons. The lowest BCUT2D eigenvalue weighted by atomic mass is 10.1. The van der Waals surface area contributed by atoms with E-state index in [2.05, 4.69) is 32.5 Å². The smallest absolute Gasteiger partial charge is 0.322 e. The summed E-state index contributed by atoms with van der Waals surface area (Å²) in [5, 5.41) is 0. The van der Waals surface area contributed by atoms with Gasteiger partial charge in [-0.25, -0.2) is 0 Å². The van der Waals surface area contributed by atoms with Crippen LogP contribution in [0.15, 0.2) is 6.07 Å². The van der Waals surface area contributed by atoms with Crippen LogP contribution in [0.4, 0.5) is 0 Å². The molecule has 1 aromatic heterocycles. The fourth-order valence-corrected chi connectivity index (χ4v) is 3.49. The minimum Gasteiger partial charge on any atom is -0.465 e. The molecule has 1 heterocycles. The van der Waals surface area contributed by atoms with Gasteiger partial charge in [-0.3, -0.25) is 4.79 Å². The standard InChI is InChI=1S/C16H27NO2S2/c1-12-11-14(13(2)21-12)7-5-3-4-6-9-19-16(18)15(17)8-10-20/h11,15,20H,3-10,17H2,1-2H3. The van der Waals surface area contributed by atoms with Crippen molar-refractivity contribution in [3.8, 4) is 0 Å². The lowest BCUT2D eigenvalue weighted by Gasteiger charge is -2.10. The zero-order valence-electron chi connectivity index (χ0n) is 13.1. The Morgan fingerprint density at radius 2 is 2.05 bits per heavy atom. The first-order valence-electron chi connectivity index (χ1n) is 7.63. The largest absolute Gasteiger partial charge is 0.465 e. The Morgan fingerprint density at radius 1 is 1.33 bits per heavy atom. The van der Waals surface area contributed by atoms with Crippen LogP contribution in [0.1, 0.15) is 47.4 Å². The Hall–Kier alpha value is -0.520. The van der Waals surface area contributed by atoms with Crippen LogP contribution in [-0.2, 0) is 16.0 Å². The topological polar surface area (TPSA) is 52.3 Å². The molecule has 2 N–H and O–H groups in total. The van der Waals surface area contributed by atoms with E-state index in [1.165, 1.54) is 28.2 Å². The molecule has 1 unspecified atom stereocenters. The molecule has 21 heavy (non-hydrogen) atoms. The molecule has 3 nitrogen and oxygen atoms in total. The van der Waals surface area contributed by atoms with Crippen LogP contribution in [-0.4, -0.2) is 24.4 Å². The molecule has 1 atom stereocenters. The van der Waals surface area contributed by atoms with Crippen molar-refractivity contribution in [1.29, 1.82) is 0 Å². The normalized spacial score (nSPS) is 12.4. The molecule has 1 rings (SSSR count). The van der Waals surface area contributed by atoms with Gasteiger partial charge < -0.3 is 10.5 Å². The third-order valence-corrected chi connectivity index (χ3v) is 4.74. The van der Waals surface area contributed by atoms with Crippen LogP contribution < -0.4 is 5.73 Å². The molecule has 0 aliphatic heterocycles. The number of unbranched alkanes of at least 4 members (excludes halogenated alkanes) is 3. The molecule has 0 saturated heterocycles. The van der Waals surface area contributed by atoms with Gasteiger partial charge in [0, 0.05) is 9.75 Å². The van der Waals surface area contributed by atoms with E-state index >= 15 is 0 Å². The maximum absolute atomic E-state index is 11.5. The van der Waals surface area contributed by atoms with Crippen molar-refractivity contribution >= 4 is 29.9 Å². The molecule has 120 valence electrons. The minimum atomic E-state index is -0.521.